The van der Waals surface area contributed by atoms with Gasteiger partial charge in [-0.25, -0.2) is 4.68 Å². The quantitative estimate of drug-likeness (QED) is 0.655. The number of halogens is 1. The topological polar surface area (TPSA) is 68.8 Å². The third-order valence-electron chi connectivity index (χ3n) is 3.71. The van der Waals surface area contributed by atoms with E-state index in [4.69, 9.17) is 5.84 Å². The van der Waals surface area contributed by atoms with Crippen LogP contribution in [-0.4, -0.2) is 15.0 Å². The van der Waals surface area contributed by atoms with Crippen LogP contribution in [-0.2, 0) is 7.05 Å². The summed E-state index contributed by atoms with van der Waals surface area (Å²) in [5.41, 5.74) is 4.17. The molecule has 1 fully saturated rings. The molecule has 1 aliphatic carbocycles. The molecule has 1 aliphatic rings. The average Bonchev–Trinajstić information content (AvgIpc) is 2.80. The average molecular weight is 288 g/mol. The van der Waals surface area contributed by atoms with Gasteiger partial charge in [0.25, 0.3) is 0 Å². The summed E-state index contributed by atoms with van der Waals surface area (Å²) in [7, 11) is 1.90. The standard InChI is InChI=1S/C10H18BrN5/c1-10(5-3-4-6-10)8(13-12)7-9(11)14-15-16(7)2/h8,13H,3-6,12H2,1-2H3. The van der Waals surface area contributed by atoms with E-state index >= 15 is 0 Å². The van der Waals surface area contributed by atoms with Gasteiger partial charge in [0.2, 0.25) is 0 Å². The van der Waals surface area contributed by atoms with Crippen molar-refractivity contribution in [2.75, 3.05) is 0 Å². The Balaban J connectivity index is 2.36. The number of nitrogens with two attached hydrogens (primary N) is 1. The van der Waals surface area contributed by atoms with Crippen LogP contribution in [0.3, 0.4) is 0 Å². The lowest BCUT2D eigenvalue weighted by atomic mass is 9.79. The van der Waals surface area contributed by atoms with E-state index in [2.05, 4.69) is 38.6 Å². The van der Waals surface area contributed by atoms with Crippen molar-refractivity contribution < 1.29 is 0 Å². The largest absolute Gasteiger partial charge is 0.271 e. The van der Waals surface area contributed by atoms with E-state index in [-0.39, 0.29) is 11.5 Å². The molecule has 5 nitrogen and oxygen atoms in total. The Morgan fingerprint density at radius 2 is 2.12 bits per heavy atom. The molecule has 0 bridgehead atoms. The van der Waals surface area contributed by atoms with E-state index in [1.165, 1.54) is 25.7 Å². The van der Waals surface area contributed by atoms with Crippen LogP contribution in [0.1, 0.15) is 44.3 Å². The Morgan fingerprint density at radius 3 is 2.56 bits per heavy atom. The molecule has 90 valence electrons. The van der Waals surface area contributed by atoms with Crippen LogP contribution in [0.25, 0.3) is 0 Å². The van der Waals surface area contributed by atoms with Gasteiger partial charge in [-0.1, -0.05) is 25.0 Å². The highest BCUT2D eigenvalue weighted by molar-refractivity contribution is 9.10. The summed E-state index contributed by atoms with van der Waals surface area (Å²) in [4.78, 5) is 0. The van der Waals surface area contributed by atoms with E-state index in [1.54, 1.807) is 4.68 Å². The number of nitrogens with one attached hydrogen (secondary N) is 1. The lowest BCUT2D eigenvalue weighted by Crippen LogP contribution is -2.40. The van der Waals surface area contributed by atoms with Gasteiger partial charge in [-0.15, -0.1) is 5.10 Å². The van der Waals surface area contributed by atoms with Crippen molar-refractivity contribution in [3.63, 3.8) is 0 Å². The molecule has 1 atom stereocenters. The summed E-state index contributed by atoms with van der Waals surface area (Å²) in [6.45, 7) is 2.28. The van der Waals surface area contributed by atoms with Crippen molar-refractivity contribution >= 4 is 15.9 Å². The Morgan fingerprint density at radius 1 is 1.50 bits per heavy atom. The minimum Gasteiger partial charge on any atom is -0.271 e. The molecule has 1 unspecified atom stereocenters. The Labute approximate surface area is 104 Å². The predicted molar refractivity (Wildman–Crippen MR) is 65.3 cm³/mol. The van der Waals surface area contributed by atoms with Crippen LogP contribution in [0.5, 0.6) is 0 Å². The lowest BCUT2D eigenvalue weighted by molar-refractivity contribution is 0.215. The number of hydrogen-bond donors (Lipinski definition) is 2. The molecule has 1 saturated carbocycles. The van der Waals surface area contributed by atoms with Crippen molar-refractivity contribution in [2.24, 2.45) is 18.3 Å². The Kier molecular flexibility index (Phi) is 3.32. The molecule has 0 aromatic carbocycles. The Bertz CT molecular complexity index is 350. The maximum atomic E-state index is 5.73. The van der Waals surface area contributed by atoms with Crippen LogP contribution < -0.4 is 11.3 Å². The first-order valence-electron chi connectivity index (χ1n) is 5.60. The molecule has 1 aromatic heterocycles. The van der Waals surface area contributed by atoms with Crippen LogP contribution in [0.2, 0.25) is 0 Å². The molecule has 0 aliphatic heterocycles. The molecule has 0 spiro atoms. The first kappa shape index (κ1) is 12.0. The number of aryl methyl sites for hydroxylation is 1. The summed E-state index contributed by atoms with van der Waals surface area (Å²) < 4.78 is 2.57. The van der Waals surface area contributed by atoms with Crippen molar-refractivity contribution in [1.29, 1.82) is 0 Å². The number of rotatable bonds is 3. The zero-order valence-corrected chi connectivity index (χ0v) is 11.3. The van der Waals surface area contributed by atoms with Gasteiger partial charge in [0, 0.05) is 7.05 Å². The molecule has 0 saturated heterocycles. The smallest absolute Gasteiger partial charge is 0.153 e. The second-order valence-corrected chi connectivity index (χ2v) is 5.60. The highest BCUT2D eigenvalue weighted by Crippen LogP contribution is 2.47. The predicted octanol–water partition coefficient (Wildman–Crippen LogP) is 1.66. The van der Waals surface area contributed by atoms with Gasteiger partial charge in [-0.2, -0.15) is 0 Å². The molecular weight excluding hydrogens is 270 g/mol. The van der Waals surface area contributed by atoms with Crippen LogP contribution >= 0.6 is 15.9 Å². The first-order valence-corrected chi connectivity index (χ1v) is 6.39. The van der Waals surface area contributed by atoms with Gasteiger partial charge in [0.05, 0.1) is 11.7 Å². The second-order valence-electron chi connectivity index (χ2n) is 4.85. The molecule has 0 amide bonds. The minimum atomic E-state index is 0.101. The van der Waals surface area contributed by atoms with Gasteiger partial charge < -0.3 is 0 Å². The molecule has 6 heteroatoms. The molecule has 1 heterocycles. The van der Waals surface area contributed by atoms with Gasteiger partial charge in [0.15, 0.2) is 4.60 Å². The maximum Gasteiger partial charge on any atom is 0.153 e. The highest BCUT2D eigenvalue weighted by Gasteiger charge is 2.40. The second kappa shape index (κ2) is 4.43. The summed E-state index contributed by atoms with van der Waals surface area (Å²) in [5, 5.41) is 8.03. The van der Waals surface area contributed by atoms with E-state index in [0.717, 1.165) is 10.3 Å². The van der Waals surface area contributed by atoms with E-state index in [0.29, 0.717) is 0 Å². The highest BCUT2D eigenvalue weighted by atomic mass is 79.9. The number of nitrogens with zero attached hydrogens (tertiary/aromatic N) is 3. The Hall–Kier alpha value is -0.460. The van der Waals surface area contributed by atoms with Crippen LogP contribution in [0, 0.1) is 5.41 Å². The molecule has 2 rings (SSSR count). The lowest BCUT2D eigenvalue weighted by Gasteiger charge is -2.33. The summed E-state index contributed by atoms with van der Waals surface area (Å²) in [5.74, 6) is 5.73. The van der Waals surface area contributed by atoms with Gasteiger partial charge >= 0.3 is 0 Å². The summed E-state index contributed by atoms with van der Waals surface area (Å²) in [6.07, 6.45) is 4.94. The minimum absolute atomic E-state index is 0.101. The van der Waals surface area contributed by atoms with E-state index in [9.17, 15) is 0 Å². The van der Waals surface area contributed by atoms with Crippen molar-refractivity contribution in [2.45, 2.75) is 38.6 Å². The molecule has 1 aromatic rings. The summed E-state index contributed by atoms with van der Waals surface area (Å²) in [6, 6.07) is 0.101. The molecule has 3 N–H and O–H groups in total. The number of hydrazine groups is 1. The fourth-order valence-electron chi connectivity index (χ4n) is 2.73. The first-order chi connectivity index (χ1) is 7.58. The monoisotopic (exact) mass is 287 g/mol. The van der Waals surface area contributed by atoms with Crippen LogP contribution in [0.4, 0.5) is 0 Å². The van der Waals surface area contributed by atoms with Gasteiger partial charge in [-0.3, -0.25) is 11.3 Å². The number of hydrogen-bond acceptors (Lipinski definition) is 4. The van der Waals surface area contributed by atoms with E-state index < -0.39 is 0 Å². The van der Waals surface area contributed by atoms with Gasteiger partial charge in [-0.05, 0) is 34.2 Å². The molecule has 16 heavy (non-hydrogen) atoms. The normalized spacial score (nSPS) is 21.2. The fourth-order valence-corrected chi connectivity index (χ4v) is 3.28. The zero-order valence-electron chi connectivity index (χ0n) is 9.70. The summed E-state index contributed by atoms with van der Waals surface area (Å²) >= 11 is 3.44. The molecular formula is C10H18BrN5. The van der Waals surface area contributed by atoms with E-state index in [1.807, 2.05) is 7.05 Å². The van der Waals surface area contributed by atoms with Crippen molar-refractivity contribution in [3.8, 4) is 0 Å². The maximum absolute atomic E-state index is 5.73. The SMILES string of the molecule is Cn1nnc(Br)c1C(NN)C1(C)CCCC1. The van der Waals surface area contributed by atoms with Crippen molar-refractivity contribution in [3.05, 3.63) is 10.3 Å². The molecule has 0 radical (unpaired) electrons. The van der Waals surface area contributed by atoms with Crippen molar-refractivity contribution in [1.82, 2.24) is 20.4 Å². The third-order valence-corrected chi connectivity index (χ3v) is 4.27. The third kappa shape index (κ3) is 1.89. The van der Waals surface area contributed by atoms with Gasteiger partial charge in [0.1, 0.15) is 0 Å². The number of aromatic nitrogens is 3. The van der Waals surface area contributed by atoms with Crippen LogP contribution in [0.15, 0.2) is 4.60 Å². The fraction of sp³-hybridized carbons (Fsp3) is 0.800. The zero-order chi connectivity index (χ0) is 11.8.